The van der Waals surface area contributed by atoms with Gasteiger partial charge < -0.3 is 35.4 Å². The molecule has 0 aromatic heterocycles. The lowest BCUT2D eigenvalue weighted by Gasteiger charge is -2.39. The molecule has 4 atom stereocenters. The van der Waals surface area contributed by atoms with Gasteiger partial charge in [-0.3, -0.25) is 0 Å². The molecular formula is C16H18O9. The van der Waals surface area contributed by atoms with E-state index in [1.165, 1.54) is 24.3 Å². The van der Waals surface area contributed by atoms with Crippen molar-refractivity contribution in [3.8, 4) is 11.5 Å². The third kappa shape index (κ3) is 4.27. The molecule has 1 aliphatic carbocycles. The first-order valence-electron chi connectivity index (χ1n) is 7.35. The fraction of sp³-hybridized carbons (Fsp3) is 0.375. The summed E-state index contributed by atoms with van der Waals surface area (Å²) in [6, 6.07) is 3.83. The van der Waals surface area contributed by atoms with E-state index in [1.54, 1.807) is 0 Å². The Morgan fingerprint density at radius 3 is 2.44 bits per heavy atom. The van der Waals surface area contributed by atoms with Crippen LogP contribution in [0.25, 0.3) is 6.08 Å². The Morgan fingerprint density at radius 1 is 1.16 bits per heavy atom. The van der Waals surface area contributed by atoms with Gasteiger partial charge in [0.25, 0.3) is 0 Å². The molecule has 1 aromatic rings. The normalized spacial score (nSPS) is 29.5. The molecule has 1 fully saturated rings. The van der Waals surface area contributed by atoms with Crippen LogP contribution in [-0.4, -0.2) is 66.5 Å². The summed E-state index contributed by atoms with van der Waals surface area (Å²) in [6.07, 6.45) is -3.44. The minimum absolute atomic E-state index is 0.327. The lowest BCUT2D eigenvalue weighted by molar-refractivity contribution is -0.196. The van der Waals surface area contributed by atoms with Crippen molar-refractivity contribution in [2.75, 3.05) is 0 Å². The molecule has 2 rings (SSSR count). The SMILES string of the molecule is O=C(C=Cc1ccc(O)c(O)c1)O[C@@H]1C[C@](O)(C(=O)O)C[C@@H](O)[C@H]1O. The second-order valence-electron chi connectivity index (χ2n) is 5.86. The molecule has 0 spiro atoms. The van der Waals surface area contributed by atoms with Crippen LogP contribution in [0.4, 0.5) is 0 Å². The van der Waals surface area contributed by atoms with Crippen molar-refractivity contribution in [3.05, 3.63) is 29.8 Å². The zero-order chi connectivity index (χ0) is 18.8. The Hall–Kier alpha value is -2.62. The van der Waals surface area contributed by atoms with Crippen LogP contribution in [-0.2, 0) is 14.3 Å². The maximum absolute atomic E-state index is 11.8. The molecule has 1 aliphatic rings. The molecule has 9 nitrogen and oxygen atoms in total. The van der Waals surface area contributed by atoms with Gasteiger partial charge in [0.15, 0.2) is 17.1 Å². The summed E-state index contributed by atoms with van der Waals surface area (Å²) < 4.78 is 4.92. The van der Waals surface area contributed by atoms with E-state index < -0.39 is 48.7 Å². The second-order valence-corrected chi connectivity index (χ2v) is 5.86. The maximum atomic E-state index is 11.8. The summed E-state index contributed by atoms with van der Waals surface area (Å²) in [5.74, 6) is -3.24. The zero-order valence-corrected chi connectivity index (χ0v) is 12.9. The lowest BCUT2D eigenvalue weighted by atomic mass is 9.79. The van der Waals surface area contributed by atoms with Crippen LogP contribution in [0.2, 0.25) is 0 Å². The number of carbonyl (C=O) groups is 2. The number of hydrogen-bond acceptors (Lipinski definition) is 8. The number of rotatable bonds is 4. The number of ether oxygens (including phenoxy) is 1. The van der Waals surface area contributed by atoms with Gasteiger partial charge in [-0.25, -0.2) is 9.59 Å². The van der Waals surface area contributed by atoms with Crippen LogP contribution in [0.5, 0.6) is 11.5 Å². The van der Waals surface area contributed by atoms with E-state index in [4.69, 9.17) is 9.84 Å². The third-order valence-electron chi connectivity index (χ3n) is 3.94. The number of hydrogen-bond donors (Lipinski definition) is 6. The number of phenols is 2. The number of esters is 1. The number of aliphatic carboxylic acids is 1. The molecule has 136 valence electrons. The van der Waals surface area contributed by atoms with E-state index in [0.717, 1.165) is 6.08 Å². The summed E-state index contributed by atoms with van der Waals surface area (Å²) >= 11 is 0. The molecule has 1 aromatic carbocycles. The average Bonchev–Trinajstić information content (AvgIpc) is 2.53. The smallest absolute Gasteiger partial charge is 0.335 e. The van der Waals surface area contributed by atoms with Crippen LogP contribution in [0.3, 0.4) is 0 Å². The minimum Gasteiger partial charge on any atom is -0.504 e. The number of carboxylic acid groups (broad SMARTS) is 1. The maximum Gasteiger partial charge on any atom is 0.335 e. The first kappa shape index (κ1) is 18.7. The molecule has 0 bridgehead atoms. The average molecular weight is 354 g/mol. The lowest BCUT2D eigenvalue weighted by Crippen LogP contribution is -2.57. The minimum atomic E-state index is -2.31. The van der Waals surface area contributed by atoms with Gasteiger partial charge in [-0.1, -0.05) is 6.07 Å². The first-order valence-corrected chi connectivity index (χ1v) is 7.35. The fourth-order valence-electron chi connectivity index (χ4n) is 2.53. The van der Waals surface area contributed by atoms with E-state index in [-0.39, 0.29) is 11.5 Å². The Kier molecular flexibility index (Phi) is 5.31. The second kappa shape index (κ2) is 7.09. The van der Waals surface area contributed by atoms with Crippen molar-refractivity contribution >= 4 is 18.0 Å². The van der Waals surface area contributed by atoms with Crippen LogP contribution >= 0.6 is 0 Å². The Labute approximate surface area is 142 Å². The molecule has 0 radical (unpaired) electrons. The highest BCUT2D eigenvalue weighted by molar-refractivity contribution is 5.87. The first-order chi connectivity index (χ1) is 11.6. The van der Waals surface area contributed by atoms with Crippen LogP contribution in [0.1, 0.15) is 18.4 Å². The van der Waals surface area contributed by atoms with E-state index in [0.29, 0.717) is 5.56 Å². The van der Waals surface area contributed by atoms with Gasteiger partial charge in [0.05, 0.1) is 6.10 Å². The molecule has 6 N–H and O–H groups in total. The zero-order valence-electron chi connectivity index (χ0n) is 12.9. The van der Waals surface area contributed by atoms with E-state index in [1.807, 2.05) is 0 Å². The summed E-state index contributed by atoms with van der Waals surface area (Å²) in [6.45, 7) is 0. The number of aliphatic hydroxyl groups is 3. The topological polar surface area (TPSA) is 165 Å². The molecule has 9 heteroatoms. The van der Waals surface area contributed by atoms with E-state index in [2.05, 4.69) is 0 Å². The quantitative estimate of drug-likeness (QED) is 0.234. The molecule has 0 heterocycles. The van der Waals surface area contributed by atoms with Gasteiger partial charge >= 0.3 is 11.9 Å². The number of carboxylic acids is 1. The number of aliphatic hydroxyl groups excluding tert-OH is 2. The molecule has 0 saturated heterocycles. The Balaban J connectivity index is 2.06. The van der Waals surface area contributed by atoms with Gasteiger partial charge in [0.2, 0.25) is 0 Å². The fourth-order valence-corrected chi connectivity index (χ4v) is 2.53. The standard InChI is InChI=1S/C16H18O9/c17-9-3-1-8(5-10(9)18)2-4-13(20)25-12-7-16(24,15(22)23)6-11(19)14(12)21/h1-5,11-12,14,17-19,21,24H,6-7H2,(H,22,23)/t11-,12-,14-,16+/m1/s1. The highest BCUT2D eigenvalue weighted by Crippen LogP contribution is 2.31. The van der Waals surface area contributed by atoms with Crippen LogP contribution in [0, 0.1) is 0 Å². The van der Waals surface area contributed by atoms with Crippen molar-refractivity contribution in [1.29, 1.82) is 0 Å². The van der Waals surface area contributed by atoms with Crippen molar-refractivity contribution in [1.82, 2.24) is 0 Å². The number of carbonyl (C=O) groups excluding carboxylic acids is 1. The van der Waals surface area contributed by atoms with Gasteiger partial charge in [-0.15, -0.1) is 0 Å². The van der Waals surface area contributed by atoms with Gasteiger partial charge in [0, 0.05) is 18.9 Å². The van der Waals surface area contributed by atoms with Crippen molar-refractivity contribution in [2.24, 2.45) is 0 Å². The predicted molar refractivity (Wildman–Crippen MR) is 82.5 cm³/mol. The third-order valence-corrected chi connectivity index (χ3v) is 3.94. The molecule has 1 saturated carbocycles. The predicted octanol–water partition coefficient (Wildman–Crippen LogP) is -0.646. The van der Waals surface area contributed by atoms with Crippen LogP contribution in [0.15, 0.2) is 24.3 Å². The highest BCUT2D eigenvalue weighted by atomic mass is 16.6. The van der Waals surface area contributed by atoms with Gasteiger partial charge in [-0.05, 0) is 23.8 Å². The van der Waals surface area contributed by atoms with E-state index >= 15 is 0 Å². The summed E-state index contributed by atoms with van der Waals surface area (Å²) in [5, 5.41) is 57.0. The van der Waals surface area contributed by atoms with Crippen LogP contribution < -0.4 is 0 Å². The monoisotopic (exact) mass is 354 g/mol. The summed E-state index contributed by atoms with van der Waals surface area (Å²) in [4.78, 5) is 22.9. The number of benzene rings is 1. The molecule has 25 heavy (non-hydrogen) atoms. The molecule has 0 unspecified atom stereocenters. The van der Waals surface area contributed by atoms with Crippen molar-refractivity contribution in [3.63, 3.8) is 0 Å². The van der Waals surface area contributed by atoms with Gasteiger partial charge in [0.1, 0.15) is 12.2 Å². The Morgan fingerprint density at radius 2 is 1.84 bits per heavy atom. The highest BCUT2D eigenvalue weighted by Gasteiger charge is 2.50. The van der Waals surface area contributed by atoms with E-state index in [9.17, 15) is 35.1 Å². The largest absolute Gasteiger partial charge is 0.504 e. The Bertz CT molecular complexity index is 699. The van der Waals surface area contributed by atoms with Gasteiger partial charge in [-0.2, -0.15) is 0 Å². The number of phenolic OH excluding ortho intramolecular Hbond substituents is 2. The summed E-state index contributed by atoms with van der Waals surface area (Å²) in [7, 11) is 0. The molecule has 0 aliphatic heterocycles. The summed E-state index contributed by atoms with van der Waals surface area (Å²) in [5.41, 5.74) is -1.94. The molecule has 0 amide bonds. The molecular weight excluding hydrogens is 336 g/mol. The van der Waals surface area contributed by atoms with Crippen molar-refractivity contribution in [2.45, 2.75) is 36.8 Å². The van der Waals surface area contributed by atoms with Crippen molar-refractivity contribution < 1.29 is 45.0 Å². The number of aromatic hydroxyl groups is 2.